The minimum Gasteiger partial charge on any atom is -0.389 e. The van der Waals surface area contributed by atoms with Crippen molar-refractivity contribution in [1.82, 2.24) is 15.5 Å². The summed E-state index contributed by atoms with van der Waals surface area (Å²) in [7, 11) is 0. The van der Waals surface area contributed by atoms with Crippen LogP contribution in [0.1, 0.15) is 53.4 Å². The Labute approximate surface area is 177 Å². The second-order valence-corrected chi connectivity index (χ2v) is 7.07. The van der Waals surface area contributed by atoms with Crippen LogP contribution in [-0.4, -0.2) is 74.0 Å². The molecule has 2 atom stereocenters. The highest BCUT2D eigenvalue weighted by molar-refractivity contribution is 14.0. The predicted molar refractivity (Wildman–Crippen MR) is 121 cm³/mol. The molecule has 1 aliphatic carbocycles. The van der Waals surface area contributed by atoms with Crippen LogP contribution in [0.4, 0.5) is 0 Å². The van der Waals surface area contributed by atoms with Gasteiger partial charge in [0.2, 0.25) is 0 Å². The SMILES string of the molecule is CCNC(=NCC(O)COCC1CC1)NC(C)CCCN(CC)CC.I. The van der Waals surface area contributed by atoms with Crippen LogP contribution in [0.2, 0.25) is 0 Å². The van der Waals surface area contributed by atoms with Gasteiger partial charge in [-0.1, -0.05) is 13.8 Å². The fourth-order valence-electron chi connectivity index (χ4n) is 2.69. The van der Waals surface area contributed by atoms with Crippen LogP contribution < -0.4 is 10.6 Å². The van der Waals surface area contributed by atoms with E-state index >= 15 is 0 Å². The molecule has 0 aromatic carbocycles. The lowest BCUT2D eigenvalue weighted by Crippen LogP contribution is -2.43. The molecule has 0 aliphatic heterocycles. The summed E-state index contributed by atoms with van der Waals surface area (Å²) in [6, 6.07) is 0.358. The van der Waals surface area contributed by atoms with Gasteiger partial charge in [-0.05, 0) is 65.1 Å². The number of aliphatic hydroxyl groups is 1. The number of aliphatic imine (C=N–C) groups is 1. The molecule has 1 saturated carbocycles. The van der Waals surface area contributed by atoms with E-state index in [2.05, 4.69) is 48.2 Å². The molecule has 26 heavy (non-hydrogen) atoms. The number of rotatable bonds is 14. The van der Waals surface area contributed by atoms with Crippen LogP contribution in [0.3, 0.4) is 0 Å². The summed E-state index contributed by atoms with van der Waals surface area (Å²) in [5.41, 5.74) is 0. The van der Waals surface area contributed by atoms with E-state index in [1.54, 1.807) is 0 Å². The van der Waals surface area contributed by atoms with Crippen LogP contribution in [0, 0.1) is 5.92 Å². The summed E-state index contributed by atoms with van der Waals surface area (Å²) in [5, 5.41) is 16.7. The lowest BCUT2D eigenvalue weighted by Gasteiger charge is -2.21. The summed E-state index contributed by atoms with van der Waals surface area (Å²) in [4.78, 5) is 6.94. The van der Waals surface area contributed by atoms with Crippen molar-refractivity contribution in [2.75, 3.05) is 45.9 Å². The van der Waals surface area contributed by atoms with E-state index in [0.29, 0.717) is 19.2 Å². The Balaban J connectivity index is 0.00000625. The summed E-state index contributed by atoms with van der Waals surface area (Å²) in [6.07, 6.45) is 4.29. The quantitative estimate of drug-likeness (QED) is 0.201. The summed E-state index contributed by atoms with van der Waals surface area (Å²) < 4.78 is 5.52. The normalized spacial score (nSPS) is 16.9. The van der Waals surface area contributed by atoms with Gasteiger partial charge in [0.25, 0.3) is 0 Å². The molecule has 0 aromatic heterocycles. The van der Waals surface area contributed by atoms with Crippen molar-refractivity contribution >= 4 is 29.9 Å². The number of guanidine groups is 1. The van der Waals surface area contributed by atoms with Crippen molar-refractivity contribution in [2.24, 2.45) is 10.9 Å². The average molecular weight is 484 g/mol. The standard InChI is InChI=1S/C19H40N4O2.HI/c1-5-20-19(21-13-18(24)15-25-14-17-10-11-17)22-16(4)9-8-12-23(6-2)7-3;/h16-18,24H,5-15H2,1-4H3,(H2,20,21,22);1H. The lowest BCUT2D eigenvalue weighted by atomic mass is 10.2. The average Bonchev–Trinajstić information content (AvgIpc) is 3.41. The Hall–Kier alpha value is -0.120. The molecule has 2 unspecified atom stereocenters. The molecule has 7 heteroatoms. The zero-order chi connectivity index (χ0) is 18.5. The third kappa shape index (κ3) is 13.1. The third-order valence-corrected chi connectivity index (χ3v) is 4.55. The van der Waals surface area contributed by atoms with E-state index in [9.17, 15) is 5.11 Å². The molecular weight excluding hydrogens is 443 g/mol. The number of nitrogens with one attached hydrogen (secondary N) is 2. The minimum atomic E-state index is -0.535. The number of ether oxygens (including phenoxy) is 1. The number of hydrogen-bond acceptors (Lipinski definition) is 4. The van der Waals surface area contributed by atoms with Gasteiger partial charge in [0.1, 0.15) is 0 Å². The Kier molecular flexibility index (Phi) is 15.8. The van der Waals surface area contributed by atoms with Crippen LogP contribution >= 0.6 is 24.0 Å². The monoisotopic (exact) mass is 484 g/mol. The summed E-state index contributed by atoms with van der Waals surface area (Å²) in [5.74, 6) is 1.51. The minimum absolute atomic E-state index is 0. The maximum absolute atomic E-state index is 10.00. The van der Waals surface area contributed by atoms with Crippen molar-refractivity contribution in [2.45, 2.75) is 65.5 Å². The Morgan fingerprint density at radius 3 is 2.54 bits per heavy atom. The lowest BCUT2D eigenvalue weighted by molar-refractivity contribution is 0.0368. The summed E-state index contributed by atoms with van der Waals surface area (Å²) in [6.45, 7) is 14.4. The molecule has 0 heterocycles. The fourth-order valence-corrected chi connectivity index (χ4v) is 2.69. The molecule has 0 saturated heterocycles. The molecule has 1 aliphatic rings. The highest BCUT2D eigenvalue weighted by Gasteiger charge is 2.21. The smallest absolute Gasteiger partial charge is 0.191 e. The Morgan fingerprint density at radius 1 is 1.27 bits per heavy atom. The first kappa shape index (κ1) is 25.9. The highest BCUT2D eigenvalue weighted by Crippen LogP contribution is 2.28. The molecule has 0 amide bonds. The van der Waals surface area contributed by atoms with Crippen molar-refractivity contribution < 1.29 is 9.84 Å². The van der Waals surface area contributed by atoms with Crippen molar-refractivity contribution in [3.63, 3.8) is 0 Å². The van der Waals surface area contributed by atoms with Crippen LogP contribution in [0.5, 0.6) is 0 Å². The molecular formula is C19H41IN4O2. The van der Waals surface area contributed by atoms with Crippen LogP contribution in [0.25, 0.3) is 0 Å². The fraction of sp³-hybridized carbons (Fsp3) is 0.947. The molecule has 1 rings (SSSR count). The molecule has 6 nitrogen and oxygen atoms in total. The van der Waals surface area contributed by atoms with Gasteiger partial charge in [0, 0.05) is 19.2 Å². The van der Waals surface area contributed by atoms with Gasteiger partial charge < -0.3 is 25.4 Å². The Bertz CT molecular complexity index is 363. The Morgan fingerprint density at radius 2 is 1.96 bits per heavy atom. The highest BCUT2D eigenvalue weighted by atomic mass is 127. The molecule has 0 spiro atoms. The van der Waals surface area contributed by atoms with E-state index in [4.69, 9.17) is 4.74 Å². The molecule has 0 aromatic rings. The van der Waals surface area contributed by atoms with E-state index in [1.165, 1.54) is 19.3 Å². The van der Waals surface area contributed by atoms with Gasteiger partial charge in [-0.2, -0.15) is 0 Å². The van der Waals surface area contributed by atoms with Crippen molar-refractivity contribution in [3.8, 4) is 0 Å². The maximum Gasteiger partial charge on any atom is 0.191 e. The maximum atomic E-state index is 10.00. The molecule has 0 bridgehead atoms. The molecule has 3 N–H and O–H groups in total. The first-order valence-corrected chi connectivity index (χ1v) is 10.1. The number of halogens is 1. The van der Waals surface area contributed by atoms with Crippen LogP contribution in [0.15, 0.2) is 4.99 Å². The second-order valence-electron chi connectivity index (χ2n) is 7.07. The van der Waals surface area contributed by atoms with Crippen molar-refractivity contribution in [1.29, 1.82) is 0 Å². The second kappa shape index (κ2) is 15.9. The molecule has 156 valence electrons. The van der Waals surface area contributed by atoms with Gasteiger partial charge in [0.15, 0.2) is 5.96 Å². The van der Waals surface area contributed by atoms with Gasteiger partial charge >= 0.3 is 0 Å². The van der Waals surface area contributed by atoms with Gasteiger partial charge in [-0.25, -0.2) is 0 Å². The topological polar surface area (TPSA) is 69.1 Å². The predicted octanol–water partition coefficient (Wildman–Crippen LogP) is 2.46. The third-order valence-electron chi connectivity index (χ3n) is 4.55. The number of nitrogens with zero attached hydrogens (tertiary/aromatic N) is 2. The first-order chi connectivity index (χ1) is 12.1. The van der Waals surface area contributed by atoms with Gasteiger partial charge in [-0.15, -0.1) is 24.0 Å². The number of hydrogen-bond donors (Lipinski definition) is 3. The van der Waals surface area contributed by atoms with E-state index in [-0.39, 0.29) is 24.0 Å². The largest absolute Gasteiger partial charge is 0.389 e. The zero-order valence-electron chi connectivity index (χ0n) is 17.2. The van der Waals surface area contributed by atoms with Crippen molar-refractivity contribution in [3.05, 3.63) is 0 Å². The van der Waals surface area contributed by atoms with E-state index < -0.39 is 6.10 Å². The molecule has 1 fully saturated rings. The zero-order valence-corrected chi connectivity index (χ0v) is 19.5. The van der Waals surface area contributed by atoms with E-state index in [0.717, 1.165) is 51.1 Å². The number of aliphatic hydroxyl groups excluding tert-OH is 1. The van der Waals surface area contributed by atoms with Crippen LogP contribution in [-0.2, 0) is 4.74 Å². The van der Waals surface area contributed by atoms with E-state index in [1.807, 2.05) is 0 Å². The summed E-state index contributed by atoms with van der Waals surface area (Å²) >= 11 is 0. The molecule has 0 radical (unpaired) electrons. The van der Waals surface area contributed by atoms with Gasteiger partial charge in [0.05, 0.1) is 19.3 Å². The van der Waals surface area contributed by atoms with Gasteiger partial charge in [-0.3, -0.25) is 4.99 Å². The first-order valence-electron chi connectivity index (χ1n) is 10.1.